The molecule has 0 aromatic carbocycles. The summed E-state index contributed by atoms with van der Waals surface area (Å²) in [5.74, 6) is 0.145. The molecule has 1 N–H and O–H groups in total. The van der Waals surface area contributed by atoms with Gasteiger partial charge in [0.1, 0.15) is 0 Å². The number of carbonyl (C=O) groups excluding carboxylic acids is 1. The zero-order valence-electron chi connectivity index (χ0n) is 12.4. The van der Waals surface area contributed by atoms with Gasteiger partial charge in [0.05, 0.1) is 24.2 Å². The van der Waals surface area contributed by atoms with Gasteiger partial charge in [-0.3, -0.25) is 9.69 Å². The number of nitrogens with zero attached hydrogens (tertiary/aromatic N) is 2. The average molecular weight is 310 g/mol. The molecule has 1 fully saturated rings. The van der Waals surface area contributed by atoms with Gasteiger partial charge >= 0.3 is 0 Å². The minimum atomic E-state index is -0.309. The van der Waals surface area contributed by atoms with E-state index in [9.17, 15) is 9.90 Å². The summed E-state index contributed by atoms with van der Waals surface area (Å²) in [5, 5.41) is 9.42. The fraction of sp³-hybridized carbons (Fsp3) is 0.667. The highest BCUT2D eigenvalue weighted by molar-refractivity contribution is 7.14. The zero-order valence-corrected chi connectivity index (χ0v) is 13.2. The van der Waals surface area contributed by atoms with Crippen LogP contribution in [0.4, 0.5) is 0 Å². The van der Waals surface area contributed by atoms with Crippen LogP contribution in [0.15, 0.2) is 6.07 Å². The first-order valence-electron chi connectivity index (χ1n) is 7.52. The molecule has 0 radical (unpaired) electrons. The molecule has 116 valence electrons. The predicted octanol–water partition coefficient (Wildman–Crippen LogP) is 0.959. The summed E-state index contributed by atoms with van der Waals surface area (Å²) in [5.41, 5.74) is 1.18. The molecule has 1 atom stereocenters. The van der Waals surface area contributed by atoms with Crippen LogP contribution in [0.3, 0.4) is 0 Å². The Kier molecular flexibility index (Phi) is 4.59. The number of piperazine rings is 1. The molecule has 0 saturated carbocycles. The largest absolute Gasteiger partial charge is 0.392 e. The van der Waals surface area contributed by atoms with Crippen LogP contribution < -0.4 is 0 Å². The first-order chi connectivity index (χ1) is 10.1. The fourth-order valence-corrected chi connectivity index (χ4v) is 4.03. The van der Waals surface area contributed by atoms with Crippen molar-refractivity contribution >= 4 is 17.2 Å². The maximum Gasteiger partial charge on any atom is 0.264 e. The Morgan fingerprint density at radius 2 is 2.19 bits per heavy atom. The summed E-state index contributed by atoms with van der Waals surface area (Å²) >= 11 is 1.62. The van der Waals surface area contributed by atoms with Crippen LogP contribution in [-0.2, 0) is 17.8 Å². The third-order valence-corrected chi connectivity index (χ3v) is 5.25. The Morgan fingerprint density at radius 1 is 1.43 bits per heavy atom. The molecule has 0 aliphatic carbocycles. The van der Waals surface area contributed by atoms with E-state index in [4.69, 9.17) is 4.74 Å². The van der Waals surface area contributed by atoms with E-state index in [2.05, 4.69) is 4.90 Å². The Hall–Kier alpha value is -0.950. The van der Waals surface area contributed by atoms with Crippen LogP contribution in [0.5, 0.6) is 0 Å². The van der Waals surface area contributed by atoms with Crippen molar-refractivity contribution in [1.29, 1.82) is 0 Å². The molecule has 1 saturated heterocycles. The average Bonchev–Trinajstić information content (AvgIpc) is 2.90. The lowest BCUT2D eigenvalue weighted by atomic mass is 10.2. The quantitative estimate of drug-likeness (QED) is 0.903. The van der Waals surface area contributed by atoms with Crippen molar-refractivity contribution in [2.45, 2.75) is 26.1 Å². The number of amides is 1. The maximum atomic E-state index is 12.6. The van der Waals surface area contributed by atoms with Crippen LogP contribution in [0.2, 0.25) is 0 Å². The second-order valence-corrected chi connectivity index (χ2v) is 6.94. The van der Waals surface area contributed by atoms with Crippen LogP contribution in [0.1, 0.15) is 27.0 Å². The molecule has 0 bridgehead atoms. The van der Waals surface area contributed by atoms with Gasteiger partial charge in [-0.05, 0) is 18.6 Å². The Balaban J connectivity index is 1.60. The molecule has 1 aromatic heterocycles. The summed E-state index contributed by atoms with van der Waals surface area (Å²) in [4.78, 5) is 18.9. The van der Waals surface area contributed by atoms with Crippen LogP contribution >= 0.6 is 11.3 Å². The number of thiophene rings is 1. The maximum absolute atomic E-state index is 12.6. The van der Waals surface area contributed by atoms with E-state index in [0.29, 0.717) is 13.2 Å². The summed E-state index contributed by atoms with van der Waals surface area (Å²) in [6, 6.07) is 2.00. The van der Waals surface area contributed by atoms with Gasteiger partial charge in [-0.1, -0.05) is 0 Å². The summed E-state index contributed by atoms with van der Waals surface area (Å²) in [6.45, 7) is 7.05. The molecule has 1 aromatic rings. The smallest absolute Gasteiger partial charge is 0.264 e. The molecular weight excluding hydrogens is 288 g/mol. The minimum Gasteiger partial charge on any atom is -0.392 e. The van der Waals surface area contributed by atoms with Gasteiger partial charge in [-0.2, -0.15) is 0 Å². The molecule has 3 rings (SSSR count). The second kappa shape index (κ2) is 6.44. The third kappa shape index (κ3) is 3.45. The van der Waals surface area contributed by atoms with Gasteiger partial charge < -0.3 is 14.7 Å². The van der Waals surface area contributed by atoms with Crippen molar-refractivity contribution < 1.29 is 14.6 Å². The van der Waals surface area contributed by atoms with E-state index < -0.39 is 0 Å². The van der Waals surface area contributed by atoms with Gasteiger partial charge in [0.2, 0.25) is 0 Å². The van der Waals surface area contributed by atoms with Crippen molar-refractivity contribution in [2.24, 2.45) is 0 Å². The number of aliphatic hydroxyl groups is 1. The van der Waals surface area contributed by atoms with Crippen LogP contribution in [0.25, 0.3) is 0 Å². The van der Waals surface area contributed by atoms with Crippen molar-refractivity contribution in [3.05, 3.63) is 21.4 Å². The first-order valence-corrected chi connectivity index (χ1v) is 8.34. The molecule has 5 nitrogen and oxygen atoms in total. The lowest BCUT2D eigenvalue weighted by Crippen LogP contribution is -2.50. The summed E-state index contributed by atoms with van der Waals surface area (Å²) < 4.78 is 5.44. The van der Waals surface area contributed by atoms with Crippen LogP contribution in [-0.4, -0.2) is 66.2 Å². The molecule has 1 amide bonds. The highest BCUT2D eigenvalue weighted by atomic mass is 32.1. The van der Waals surface area contributed by atoms with Gasteiger partial charge in [0, 0.05) is 44.0 Å². The Bertz CT molecular complexity index is 484. The van der Waals surface area contributed by atoms with Gasteiger partial charge in [0.25, 0.3) is 5.91 Å². The molecule has 0 unspecified atom stereocenters. The number of hydrogen-bond acceptors (Lipinski definition) is 5. The van der Waals surface area contributed by atoms with E-state index in [1.807, 2.05) is 11.0 Å². The molecule has 2 aliphatic heterocycles. The second-order valence-electron chi connectivity index (χ2n) is 5.80. The monoisotopic (exact) mass is 310 g/mol. The lowest BCUT2D eigenvalue weighted by molar-refractivity contribution is 0.0558. The number of aliphatic hydroxyl groups excluding tert-OH is 1. The highest BCUT2D eigenvalue weighted by Crippen LogP contribution is 2.28. The number of hydrogen-bond donors (Lipinski definition) is 1. The van der Waals surface area contributed by atoms with Gasteiger partial charge in [-0.15, -0.1) is 11.3 Å². The van der Waals surface area contributed by atoms with Crippen molar-refractivity contribution in [1.82, 2.24) is 9.80 Å². The van der Waals surface area contributed by atoms with E-state index in [-0.39, 0.29) is 12.0 Å². The third-order valence-electron chi connectivity index (χ3n) is 4.02. The van der Waals surface area contributed by atoms with E-state index >= 15 is 0 Å². The Morgan fingerprint density at radius 3 is 2.86 bits per heavy atom. The topological polar surface area (TPSA) is 53.0 Å². The molecular formula is C15H22N2O3S. The number of carbonyl (C=O) groups is 1. The lowest BCUT2D eigenvalue weighted by Gasteiger charge is -2.35. The minimum absolute atomic E-state index is 0.145. The van der Waals surface area contributed by atoms with Crippen molar-refractivity contribution in [3.8, 4) is 0 Å². The Labute approximate surface area is 129 Å². The number of fused-ring (bicyclic) bond motifs is 1. The number of ether oxygens (including phenoxy) is 1. The summed E-state index contributed by atoms with van der Waals surface area (Å²) in [6.07, 6.45) is 0.617. The normalized spacial score (nSPS) is 21.1. The van der Waals surface area contributed by atoms with E-state index in [0.717, 1.165) is 44.1 Å². The number of rotatable bonds is 3. The SMILES string of the molecule is C[C@H](O)CN1CCN(C(=O)c2cc3c(s2)CCOC3)CC1. The van der Waals surface area contributed by atoms with Gasteiger partial charge in [0.15, 0.2) is 0 Å². The molecule has 6 heteroatoms. The zero-order chi connectivity index (χ0) is 14.8. The van der Waals surface area contributed by atoms with E-state index in [1.165, 1.54) is 10.4 Å². The predicted molar refractivity (Wildman–Crippen MR) is 81.7 cm³/mol. The van der Waals surface area contributed by atoms with E-state index in [1.54, 1.807) is 18.3 Å². The standard InChI is InChI=1S/C15H22N2O3S/c1-11(18)9-16-3-5-17(6-4-16)15(19)14-8-12-10-20-7-2-13(12)21-14/h8,11,18H,2-7,9-10H2,1H3/t11-/m0/s1. The summed E-state index contributed by atoms with van der Waals surface area (Å²) in [7, 11) is 0. The fourth-order valence-electron chi connectivity index (χ4n) is 2.92. The van der Waals surface area contributed by atoms with Crippen LogP contribution in [0, 0.1) is 0 Å². The molecule has 3 heterocycles. The van der Waals surface area contributed by atoms with Crippen molar-refractivity contribution in [3.63, 3.8) is 0 Å². The number of β-amino-alcohol motifs (C(OH)–C–C–N with tert-alkyl or cyclic N) is 1. The highest BCUT2D eigenvalue weighted by Gasteiger charge is 2.25. The first kappa shape index (κ1) is 15.0. The molecule has 2 aliphatic rings. The molecule has 21 heavy (non-hydrogen) atoms. The van der Waals surface area contributed by atoms with Crippen molar-refractivity contribution in [2.75, 3.05) is 39.3 Å². The van der Waals surface area contributed by atoms with Gasteiger partial charge in [-0.25, -0.2) is 0 Å². The molecule has 0 spiro atoms.